The van der Waals surface area contributed by atoms with Crippen LogP contribution in [0.5, 0.6) is 0 Å². The first kappa shape index (κ1) is 13.7. The van der Waals surface area contributed by atoms with Crippen LogP contribution in [0.4, 0.5) is 0 Å². The van der Waals surface area contributed by atoms with Crippen molar-refractivity contribution in [1.82, 2.24) is 9.55 Å². The number of nitrogens with zero attached hydrogens (tertiary/aromatic N) is 2. The quantitative estimate of drug-likeness (QED) is 0.516. The number of esters is 1. The van der Waals surface area contributed by atoms with Crippen molar-refractivity contribution in [1.29, 1.82) is 0 Å². The number of hydrogen-bond donors (Lipinski definition) is 0. The van der Waals surface area contributed by atoms with Crippen molar-refractivity contribution in [3.05, 3.63) is 18.2 Å². The van der Waals surface area contributed by atoms with Crippen molar-refractivity contribution in [2.45, 2.75) is 52.5 Å². The Kier molecular flexibility index (Phi) is 6.37. The standard InChI is InChI=1S/C13H22N2O2/c1-3-12-14-9-11-15(12)10-7-5-6-8-13(16)17-4-2/h9,11H,3-8,10H2,1-2H3. The van der Waals surface area contributed by atoms with E-state index in [1.165, 1.54) is 0 Å². The van der Waals surface area contributed by atoms with Gasteiger partial charge >= 0.3 is 5.97 Å². The lowest BCUT2D eigenvalue weighted by atomic mass is 10.2. The number of ether oxygens (including phenoxy) is 1. The van der Waals surface area contributed by atoms with Gasteiger partial charge in [-0.1, -0.05) is 13.3 Å². The molecule has 0 aliphatic carbocycles. The number of carbonyl (C=O) groups is 1. The smallest absolute Gasteiger partial charge is 0.305 e. The first-order valence-corrected chi connectivity index (χ1v) is 6.43. The highest BCUT2D eigenvalue weighted by atomic mass is 16.5. The number of unbranched alkanes of at least 4 members (excludes halogenated alkanes) is 2. The molecule has 4 nitrogen and oxygen atoms in total. The fourth-order valence-corrected chi connectivity index (χ4v) is 1.82. The molecule has 0 atom stereocenters. The lowest BCUT2D eigenvalue weighted by molar-refractivity contribution is -0.143. The van der Waals surface area contributed by atoms with Gasteiger partial charge in [-0.3, -0.25) is 4.79 Å². The van der Waals surface area contributed by atoms with Crippen molar-refractivity contribution in [3.63, 3.8) is 0 Å². The average molecular weight is 238 g/mol. The molecule has 17 heavy (non-hydrogen) atoms. The molecule has 0 aliphatic heterocycles. The summed E-state index contributed by atoms with van der Waals surface area (Å²) in [5, 5.41) is 0. The maximum Gasteiger partial charge on any atom is 0.305 e. The van der Waals surface area contributed by atoms with Crippen LogP contribution in [0, 0.1) is 0 Å². The van der Waals surface area contributed by atoms with Crippen LogP contribution < -0.4 is 0 Å². The van der Waals surface area contributed by atoms with E-state index in [0.717, 1.165) is 38.1 Å². The first-order chi connectivity index (χ1) is 8.27. The minimum absolute atomic E-state index is 0.0793. The van der Waals surface area contributed by atoms with Crippen LogP contribution in [0.2, 0.25) is 0 Å². The summed E-state index contributed by atoms with van der Waals surface area (Å²) in [5.74, 6) is 1.06. The molecule has 0 spiro atoms. The second-order valence-electron chi connectivity index (χ2n) is 4.01. The molecule has 0 aliphatic rings. The molecule has 0 fully saturated rings. The SMILES string of the molecule is CCOC(=O)CCCCCn1ccnc1CC. The van der Waals surface area contributed by atoms with Crippen molar-refractivity contribution in [2.75, 3.05) is 6.61 Å². The molecule has 0 saturated heterocycles. The summed E-state index contributed by atoms with van der Waals surface area (Å²) in [6, 6.07) is 0. The predicted molar refractivity (Wildman–Crippen MR) is 66.7 cm³/mol. The predicted octanol–water partition coefficient (Wildman–Crippen LogP) is 2.57. The minimum Gasteiger partial charge on any atom is -0.466 e. The molecule has 1 heterocycles. The van der Waals surface area contributed by atoms with Gasteiger partial charge in [-0.15, -0.1) is 0 Å². The number of hydrogen-bond acceptors (Lipinski definition) is 3. The second kappa shape index (κ2) is 7.87. The third kappa shape index (κ3) is 5.02. The number of rotatable bonds is 8. The number of carbonyl (C=O) groups excluding carboxylic acids is 1. The summed E-state index contributed by atoms with van der Waals surface area (Å²) < 4.78 is 7.06. The normalized spacial score (nSPS) is 10.5. The molecule has 0 unspecified atom stereocenters. The number of imidazole rings is 1. The van der Waals surface area contributed by atoms with E-state index in [2.05, 4.69) is 16.5 Å². The van der Waals surface area contributed by atoms with E-state index in [1.807, 2.05) is 19.3 Å². The average Bonchev–Trinajstić information content (AvgIpc) is 2.76. The van der Waals surface area contributed by atoms with E-state index in [0.29, 0.717) is 13.0 Å². The topological polar surface area (TPSA) is 44.1 Å². The van der Waals surface area contributed by atoms with Gasteiger partial charge in [0.05, 0.1) is 6.61 Å². The highest BCUT2D eigenvalue weighted by Gasteiger charge is 2.02. The Morgan fingerprint density at radius 1 is 1.35 bits per heavy atom. The minimum atomic E-state index is -0.0793. The molecule has 1 aromatic rings. The van der Waals surface area contributed by atoms with Crippen LogP contribution in [-0.2, 0) is 22.5 Å². The largest absolute Gasteiger partial charge is 0.466 e. The van der Waals surface area contributed by atoms with Crippen molar-refractivity contribution in [2.24, 2.45) is 0 Å². The number of aryl methyl sites for hydroxylation is 2. The first-order valence-electron chi connectivity index (χ1n) is 6.43. The van der Waals surface area contributed by atoms with E-state index in [-0.39, 0.29) is 5.97 Å². The summed E-state index contributed by atoms with van der Waals surface area (Å²) >= 11 is 0. The van der Waals surface area contributed by atoms with Gasteiger partial charge in [-0.05, 0) is 19.8 Å². The molecule has 4 heteroatoms. The molecule has 0 amide bonds. The van der Waals surface area contributed by atoms with Crippen molar-refractivity contribution >= 4 is 5.97 Å². The van der Waals surface area contributed by atoms with Crippen LogP contribution in [-0.4, -0.2) is 22.1 Å². The van der Waals surface area contributed by atoms with E-state index in [4.69, 9.17) is 4.74 Å². The van der Waals surface area contributed by atoms with Crippen LogP contribution in [0.25, 0.3) is 0 Å². The maximum absolute atomic E-state index is 11.1. The van der Waals surface area contributed by atoms with Crippen LogP contribution in [0.3, 0.4) is 0 Å². The second-order valence-corrected chi connectivity index (χ2v) is 4.01. The molecule has 0 radical (unpaired) electrons. The number of aromatic nitrogens is 2. The van der Waals surface area contributed by atoms with E-state index in [1.54, 1.807) is 0 Å². The Bertz CT molecular complexity index is 334. The molecule has 0 aromatic carbocycles. The molecule has 0 saturated carbocycles. The Balaban J connectivity index is 2.10. The van der Waals surface area contributed by atoms with E-state index < -0.39 is 0 Å². The third-order valence-corrected chi connectivity index (χ3v) is 2.70. The van der Waals surface area contributed by atoms with Gasteiger partial charge in [0.2, 0.25) is 0 Å². The van der Waals surface area contributed by atoms with Gasteiger partial charge in [0.1, 0.15) is 5.82 Å². The summed E-state index contributed by atoms with van der Waals surface area (Å²) in [4.78, 5) is 15.4. The van der Waals surface area contributed by atoms with Gasteiger partial charge in [-0.25, -0.2) is 4.98 Å². The summed E-state index contributed by atoms with van der Waals surface area (Å²) in [6.07, 6.45) is 8.42. The molecule has 0 N–H and O–H groups in total. The van der Waals surface area contributed by atoms with Gasteiger partial charge in [0.25, 0.3) is 0 Å². The third-order valence-electron chi connectivity index (χ3n) is 2.70. The summed E-state index contributed by atoms with van der Waals surface area (Å²) in [7, 11) is 0. The van der Waals surface area contributed by atoms with Crippen molar-refractivity contribution < 1.29 is 9.53 Å². The van der Waals surface area contributed by atoms with Crippen molar-refractivity contribution in [3.8, 4) is 0 Å². The highest BCUT2D eigenvalue weighted by Crippen LogP contribution is 2.06. The zero-order valence-corrected chi connectivity index (χ0v) is 10.8. The monoisotopic (exact) mass is 238 g/mol. The highest BCUT2D eigenvalue weighted by molar-refractivity contribution is 5.69. The molecule has 96 valence electrons. The van der Waals surface area contributed by atoms with Crippen LogP contribution in [0.15, 0.2) is 12.4 Å². The molecule has 1 aromatic heterocycles. The Hall–Kier alpha value is -1.32. The molecule has 0 bridgehead atoms. The molecular formula is C13H22N2O2. The summed E-state index contributed by atoms with van der Waals surface area (Å²) in [6.45, 7) is 5.42. The zero-order chi connectivity index (χ0) is 12.5. The molecule has 1 rings (SSSR count). The van der Waals surface area contributed by atoms with E-state index >= 15 is 0 Å². The Labute approximate surface area is 103 Å². The van der Waals surface area contributed by atoms with Gasteiger partial charge in [-0.2, -0.15) is 0 Å². The van der Waals surface area contributed by atoms with Gasteiger partial charge in [0.15, 0.2) is 0 Å². The van der Waals surface area contributed by atoms with Gasteiger partial charge in [0, 0.05) is 31.8 Å². The lowest BCUT2D eigenvalue weighted by Gasteiger charge is -2.06. The zero-order valence-electron chi connectivity index (χ0n) is 10.8. The fourth-order valence-electron chi connectivity index (χ4n) is 1.82. The van der Waals surface area contributed by atoms with E-state index in [9.17, 15) is 4.79 Å². The lowest BCUT2D eigenvalue weighted by Crippen LogP contribution is -2.04. The van der Waals surface area contributed by atoms with Gasteiger partial charge < -0.3 is 9.30 Å². The Morgan fingerprint density at radius 3 is 2.88 bits per heavy atom. The summed E-state index contributed by atoms with van der Waals surface area (Å²) in [5.41, 5.74) is 0. The maximum atomic E-state index is 11.1. The fraction of sp³-hybridized carbons (Fsp3) is 0.692. The Morgan fingerprint density at radius 2 is 2.18 bits per heavy atom. The molecular weight excluding hydrogens is 216 g/mol. The van der Waals surface area contributed by atoms with Crippen LogP contribution >= 0.6 is 0 Å². The van der Waals surface area contributed by atoms with Crippen LogP contribution in [0.1, 0.15) is 45.4 Å².